The van der Waals surface area contributed by atoms with Gasteiger partial charge in [0.15, 0.2) is 0 Å². The molecular formula is C17H19N3. The van der Waals surface area contributed by atoms with Gasteiger partial charge in [0.25, 0.3) is 0 Å². The zero-order valence-corrected chi connectivity index (χ0v) is 11.9. The number of aryl methyl sites for hydroxylation is 1. The van der Waals surface area contributed by atoms with Gasteiger partial charge in [-0.1, -0.05) is 42.5 Å². The highest BCUT2D eigenvalue weighted by molar-refractivity contribution is 5.86. The highest BCUT2D eigenvalue weighted by atomic mass is 15.0. The SMILES string of the molecule is CNC(Cc1nccn1C)c1cccc2ccccc12. The molecule has 0 radical (unpaired) electrons. The van der Waals surface area contributed by atoms with Gasteiger partial charge < -0.3 is 9.88 Å². The molecule has 0 saturated heterocycles. The largest absolute Gasteiger partial charge is 0.338 e. The van der Waals surface area contributed by atoms with E-state index in [0.29, 0.717) is 0 Å². The molecule has 102 valence electrons. The average Bonchev–Trinajstić information content (AvgIpc) is 2.89. The molecule has 1 N–H and O–H groups in total. The molecule has 0 fully saturated rings. The predicted octanol–water partition coefficient (Wildman–Crippen LogP) is 3.08. The van der Waals surface area contributed by atoms with Crippen LogP contribution in [0.25, 0.3) is 10.8 Å². The fraction of sp³-hybridized carbons (Fsp3) is 0.235. The number of hydrogen-bond donors (Lipinski definition) is 1. The van der Waals surface area contributed by atoms with Crippen molar-refractivity contribution in [1.82, 2.24) is 14.9 Å². The van der Waals surface area contributed by atoms with E-state index in [9.17, 15) is 0 Å². The molecule has 1 atom stereocenters. The maximum atomic E-state index is 4.43. The van der Waals surface area contributed by atoms with E-state index in [0.717, 1.165) is 12.2 Å². The van der Waals surface area contributed by atoms with Crippen LogP contribution in [0.2, 0.25) is 0 Å². The Morgan fingerprint density at radius 1 is 1.15 bits per heavy atom. The molecule has 0 aliphatic carbocycles. The molecule has 0 aliphatic rings. The highest BCUT2D eigenvalue weighted by Crippen LogP contribution is 2.26. The highest BCUT2D eigenvalue weighted by Gasteiger charge is 2.15. The number of benzene rings is 2. The molecule has 0 spiro atoms. The number of aromatic nitrogens is 2. The second-order valence-electron chi connectivity index (χ2n) is 5.07. The summed E-state index contributed by atoms with van der Waals surface area (Å²) < 4.78 is 2.08. The first-order valence-corrected chi connectivity index (χ1v) is 6.90. The third-order valence-corrected chi connectivity index (χ3v) is 3.85. The minimum atomic E-state index is 0.266. The second kappa shape index (κ2) is 5.47. The molecule has 0 amide bonds. The van der Waals surface area contributed by atoms with E-state index < -0.39 is 0 Å². The number of nitrogens with one attached hydrogen (secondary N) is 1. The van der Waals surface area contributed by atoms with Gasteiger partial charge in [0, 0.05) is 31.9 Å². The van der Waals surface area contributed by atoms with Crippen molar-refractivity contribution in [1.29, 1.82) is 0 Å². The van der Waals surface area contributed by atoms with Crippen molar-refractivity contribution in [2.75, 3.05) is 7.05 Å². The topological polar surface area (TPSA) is 29.9 Å². The summed E-state index contributed by atoms with van der Waals surface area (Å²) in [7, 11) is 4.05. The van der Waals surface area contributed by atoms with Gasteiger partial charge in [-0.2, -0.15) is 0 Å². The molecule has 1 aromatic heterocycles. The van der Waals surface area contributed by atoms with Crippen molar-refractivity contribution in [2.45, 2.75) is 12.5 Å². The van der Waals surface area contributed by atoms with Crippen LogP contribution < -0.4 is 5.32 Å². The van der Waals surface area contributed by atoms with Crippen LogP contribution in [0.4, 0.5) is 0 Å². The smallest absolute Gasteiger partial charge is 0.110 e. The monoisotopic (exact) mass is 265 g/mol. The molecule has 0 aliphatic heterocycles. The quantitative estimate of drug-likeness (QED) is 0.785. The van der Waals surface area contributed by atoms with Crippen molar-refractivity contribution < 1.29 is 0 Å². The second-order valence-corrected chi connectivity index (χ2v) is 5.07. The van der Waals surface area contributed by atoms with Crippen LogP contribution in [0.3, 0.4) is 0 Å². The summed E-state index contributed by atoms with van der Waals surface area (Å²) in [6.45, 7) is 0. The van der Waals surface area contributed by atoms with Gasteiger partial charge in [-0.3, -0.25) is 0 Å². The van der Waals surface area contributed by atoms with Crippen LogP contribution in [-0.4, -0.2) is 16.6 Å². The van der Waals surface area contributed by atoms with Gasteiger partial charge in [-0.15, -0.1) is 0 Å². The van der Waals surface area contributed by atoms with Crippen LogP contribution in [0, 0.1) is 0 Å². The van der Waals surface area contributed by atoms with Crippen molar-refractivity contribution in [3.05, 3.63) is 66.2 Å². The van der Waals surface area contributed by atoms with E-state index in [1.54, 1.807) is 0 Å². The van der Waals surface area contributed by atoms with E-state index in [1.807, 2.05) is 26.5 Å². The fourth-order valence-corrected chi connectivity index (χ4v) is 2.70. The summed E-state index contributed by atoms with van der Waals surface area (Å²) in [6, 6.07) is 15.3. The maximum Gasteiger partial charge on any atom is 0.110 e. The van der Waals surface area contributed by atoms with Crippen LogP contribution in [0.5, 0.6) is 0 Å². The minimum absolute atomic E-state index is 0.266. The molecule has 3 aromatic rings. The number of likely N-dealkylation sites (N-methyl/N-ethyl adjacent to an activating group) is 1. The summed E-state index contributed by atoms with van der Waals surface area (Å²) in [4.78, 5) is 4.43. The summed E-state index contributed by atoms with van der Waals surface area (Å²) in [5.74, 6) is 1.09. The summed E-state index contributed by atoms with van der Waals surface area (Å²) in [6.07, 6.45) is 4.73. The van der Waals surface area contributed by atoms with E-state index in [4.69, 9.17) is 0 Å². The normalized spacial score (nSPS) is 12.7. The molecule has 1 unspecified atom stereocenters. The Balaban J connectivity index is 2.01. The van der Waals surface area contributed by atoms with Gasteiger partial charge in [0.1, 0.15) is 5.82 Å². The lowest BCUT2D eigenvalue weighted by atomic mass is 9.96. The van der Waals surface area contributed by atoms with Crippen molar-refractivity contribution in [3.63, 3.8) is 0 Å². The van der Waals surface area contributed by atoms with E-state index >= 15 is 0 Å². The first-order chi connectivity index (χ1) is 9.79. The average molecular weight is 265 g/mol. The lowest BCUT2D eigenvalue weighted by molar-refractivity contribution is 0.567. The number of nitrogens with zero attached hydrogens (tertiary/aromatic N) is 2. The van der Waals surface area contributed by atoms with Gasteiger partial charge in [0.05, 0.1) is 0 Å². The molecule has 0 saturated carbocycles. The Hall–Kier alpha value is -2.13. The van der Waals surface area contributed by atoms with Crippen molar-refractivity contribution in [2.24, 2.45) is 7.05 Å². The molecule has 3 rings (SSSR count). The zero-order chi connectivity index (χ0) is 13.9. The summed E-state index contributed by atoms with van der Waals surface area (Å²) in [5.41, 5.74) is 1.33. The van der Waals surface area contributed by atoms with Crippen LogP contribution >= 0.6 is 0 Å². The molecule has 20 heavy (non-hydrogen) atoms. The Morgan fingerprint density at radius 2 is 1.95 bits per heavy atom. The van der Waals surface area contributed by atoms with E-state index in [2.05, 4.69) is 57.3 Å². The van der Waals surface area contributed by atoms with Gasteiger partial charge in [0.2, 0.25) is 0 Å². The van der Waals surface area contributed by atoms with Crippen LogP contribution in [-0.2, 0) is 13.5 Å². The Bertz CT molecular complexity index is 710. The summed E-state index contributed by atoms with van der Waals surface area (Å²) in [5, 5.41) is 6.01. The molecule has 3 nitrogen and oxygen atoms in total. The standard InChI is InChI=1S/C17H19N3/c1-18-16(12-17-19-10-11-20(17)2)15-9-5-7-13-6-3-4-8-14(13)15/h3-11,16,18H,12H2,1-2H3. The third-order valence-electron chi connectivity index (χ3n) is 3.85. The lowest BCUT2D eigenvalue weighted by Crippen LogP contribution is -2.20. The number of rotatable bonds is 4. The van der Waals surface area contributed by atoms with Crippen molar-refractivity contribution in [3.8, 4) is 0 Å². The molecule has 0 bridgehead atoms. The number of imidazole rings is 1. The van der Waals surface area contributed by atoms with Crippen molar-refractivity contribution >= 4 is 10.8 Å². The molecule has 2 aromatic carbocycles. The zero-order valence-electron chi connectivity index (χ0n) is 11.9. The Kier molecular flexibility index (Phi) is 3.52. The maximum absolute atomic E-state index is 4.43. The van der Waals surface area contributed by atoms with Crippen LogP contribution in [0.15, 0.2) is 54.9 Å². The lowest BCUT2D eigenvalue weighted by Gasteiger charge is -2.18. The first kappa shape index (κ1) is 12.9. The van der Waals surface area contributed by atoms with E-state index in [1.165, 1.54) is 16.3 Å². The fourth-order valence-electron chi connectivity index (χ4n) is 2.70. The molecule has 1 heterocycles. The van der Waals surface area contributed by atoms with Crippen LogP contribution in [0.1, 0.15) is 17.4 Å². The summed E-state index contributed by atoms with van der Waals surface area (Å²) >= 11 is 0. The first-order valence-electron chi connectivity index (χ1n) is 6.90. The predicted molar refractivity (Wildman–Crippen MR) is 82.7 cm³/mol. The Labute approximate surface area is 119 Å². The van der Waals surface area contributed by atoms with Gasteiger partial charge >= 0.3 is 0 Å². The van der Waals surface area contributed by atoms with Gasteiger partial charge in [-0.05, 0) is 23.4 Å². The minimum Gasteiger partial charge on any atom is -0.338 e. The number of fused-ring (bicyclic) bond motifs is 1. The van der Waals surface area contributed by atoms with E-state index in [-0.39, 0.29) is 6.04 Å². The van der Waals surface area contributed by atoms with Gasteiger partial charge in [-0.25, -0.2) is 4.98 Å². The Morgan fingerprint density at radius 3 is 2.70 bits per heavy atom. The number of hydrogen-bond acceptors (Lipinski definition) is 2. The third kappa shape index (κ3) is 2.32. The molecular weight excluding hydrogens is 246 g/mol. The molecule has 3 heteroatoms.